The highest BCUT2D eigenvalue weighted by molar-refractivity contribution is 7.09. The Morgan fingerprint density at radius 3 is 2.94 bits per heavy atom. The molecule has 0 aliphatic heterocycles. The third kappa shape index (κ3) is 3.02. The molecule has 0 spiro atoms. The van der Waals surface area contributed by atoms with Gasteiger partial charge in [-0.15, -0.1) is 11.3 Å². The van der Waals surface area contributed by atoms with Gasteiger partial charge >= 0.3 is 0 Å². The van der Waals surface area contributed by atoms with Gasteiger partial charge in [-0.1, -0.05) is 6.92 Å². The summed E-state index contributed by atoms with van der Waals surface area (Å²) in [6.45, 7) is 2.93. The number of nitrogens with zero attached hydrogens (tertiary/aromatic N) is 3. The Bertz CT molecular complexity index is 498. The van der Waals surface area contributed by atoms with Crippen LogP contribution < -0.4 is 5.32 Å². The highest BCUT2D eigenvalue weighted by Gasteiger charge is 2.07. The van der Waals surface area contributed by atoms with Gasteiger partial charge < -0.3 is 5.32 Å². The summed E-state index contributed by atoms with van der Waals surface area (Å²) in [7, 11) is 0. The van der Waals surface area contributed by atoms with E-state index in [0.717, 1.165) is 17.2 Å². The Hall–Kier alpha value is -1.93. The van der Waals surface area contributed by atoms with Crippen molar-refractivity contribution < 1.29 is 0 Å². The largest absolute Gasteiger partial charge is 0.383 e. The first kappa shape index (κ1) is 11.6. The van der Waals surface area contributed by atoms with Crippen LogP contribution >= 0.6 is 11.3 Å². The first-order valence-electron chi connectivity index (χ1n) is 5.29. The van der Waals surface area contributed by atoms with Crippen LogP contribution in [-0.2, 0) is 0 Å². The molecule has 5 heteroatoms. The van der Waals surface area contributed by atoms with Crippen LogP contribution in [0.2, 0.25) is 0 Å². The minimum atomic E-state index is 0.366. The second kappa shape index (κ2) is 5.41. The Kier molecular flexibility index (Phi) is 3.68. The van der Waals surface area contributed by atoms with Crippen LogP contribution in [0.1, 0.15) is 23.5 Å². The molecule has 0 radical (unpaired) electrons. The van der Waals surface area contributed by atoms with E-state index in [1.54, 1.807) is 23.6 Å². The van der Waals surface area contributed by atoms with Gasteiger partial charge in [-0.25, -0.2) is 9.97 Å². The van der Waals surface area contributed by atoms with E-state index in [2.05, 4.69) is 22.2 Å². The zero-order valence-electron chi connectivity index (χ0n) is 9.42. The average Bonchev–Trinajstić information content (AvgIpc) is 2.90. The molecule has 0 aromatic carbocycles. The van der Waals surface area contributed by atoms with Crippen LogP contribution in [0.3, 0.4) is 0 Å². The molecule has 0 aliphatic carbocycles. The lowest BCUT2D eigenvalue weighted by molar-refractivity contribution is 0.794. The number of nitrogens with one attached hydrogen (secondary N) is 1. The second-order valence-electron chi connectivity index (χ2n) is 3.70. The first-order chi connectivity index (χ1) is 8.29. The van der Waals surface area contributed by atoms with E-state index in [4.69, 9.17) is 5.26 Å². The average molecular weight is 244 g/mol. The van der Waals surface area contributed by atoms with Crippen molar-refractivity contribution in [3.8, 4) is 6.07 Å². The van der Waals surface area contributed by atoms with Gasteiger partial charge in [0.15, 0.2) is 0 Å². The second-order valence-corrected chi connectivity index (χ2v) is 4.62. The van der Waals surface area contributed by atoms with Gasteiger partial charge in [0.25, 0.3) is 0 Å². The van der Waals surface area contributed by atoms with E-state index in [-0.39, 0.29) is 0 Å². The molecule has 2 aromatic rings. The monoisotopic (exact) mass is 244 g/mol. The molecule has 0 amide bonds. The number of aromatic nitrogens is 2. The summed E-state index contributed by atoms with van der Waals surface area (Å²) in [5.41, 5.74) is 1.36. The lowest BCUT2D eigenvalue weighted by Gasteiger charge is -2.10. The number of rotatable bonds is 4. The lowest BCUT2D eigenvalue weighted by atomic mass is 10.2. The molecule has 4 nitrogen and oxygen atoms in total. The Balaban J connectivity index is 1.91. The van der Waals surface area contributed by atoms with Gasteiger partial charge in [-0.05, 0) is 12.1 Å². The van der Waals surface area contributed by atoms with E-state index in [0.29, 0.717) is 11.6 Å². The maximum absolute atomic E-state index is 8.63. The van der Waals surface area contributed by atoms with Crippen molar-refractivity contribution in [2.45, 2.75) is 12.8 Å². The van der Waals surface area contributed by atoms with Crippen molar-refractivity contribution in [2.75, 3.05) is 11.9 Å². The molecule has 2 aromatic heterocycles. The number of anilines is 1. The highest BCUT2D eigenvalue weighted by atomic mass is 32.1. The van der Waals surface area contributed by atoms with Gasteiger partial charge in [-0.3, -0.25) is 0 Å². The molecule has 1 unspecified atom stereocenters. The van der Waals surface area contributed by atoms with Crippen LogP contribution in [0.15, 0.2) is 29.9 Å². The SMILES string of the molecule is CC(CNc1ccc(C#N)nc1)c1nccs1. The van der Waals surface area contributed by atoms with Crippen molar-refractivity contribution in [1.29, 1.82) is 5.26 Å². The molecule has 2 rings (SSSR count). The topological polar surface area (TPSA) is 61.6 Å². The number of pyridine rings is 1. The summed E-state index contributed by atoms with van der Waals surface area (Å²) in [5.74, 6) is 0.366. The number of nitriles is 1. The number of thiazole rings is 1. The van der Waals surface area contributed by atoms with Crippen molar-refractivity contribution in [1.82, 2.24) is 9.97 Å². The minimum absolute atomic E-state index is 0.366. The van der Waals surface area contributed by atoms with Gasteiger partial charge in [-0.2, -0.15) is 5.26 Å². The van der Waals surface area contributed by atoms with Gasteiger partial charge in [0.2, 0.25) is 0 Å². The van der Waals surface area contributed by atoms with Crippen LogP contribution in [-0.4, -0.2) is 16.5 Å². The molecule has 1 atom stereocenters. The van der Waals surface area contributed by atoms with Crippen molar-refractivity contribution in [2.24, 2.45) is 0 Å². The van der Waals surface area contributed by atoms with Crippen LogP contribution in [0.5, 0.6) is 0 Å². The van der Waals surface area contributed by atoms with E-state index < -0.39 is 0 Å². The molecule has 2 heterocycles. The normalized spacial score (nSPS) is 11.8. The summed E-state index contributed by atoms with van der Waals surface area (Å²) in [6.07, 6.45) is 3.49. The van der Waals surface area contributed by atoms with Crippen molar-refractivity contribution >= 4 is 17.0 Å². The van der Waals surface area contributed by atoms with Gasteiger partial charge in [0.05, 0.1) is 16.9 Å². The summed E-state index contributed by atoms with van der Waals surface area (Å²) in [5, 5.41) is 15.0. The van der Waals surface area contributed by atoms with Crippen molar-refractivity contribution in [3.63, 3.8) is 0 Å². The lowest BCUT2D eigenvalue weighted by Crippen LogP contribution is -2.09. The third-order valence-electron chi connectivity index (χ3n) is 2.36. The smallest absolute Gasteiger partial charge is 0.140 e. The number of hydrogen-bond donors (Lipinski definition) is 1. The van der Waals surface area contributed by atoms with Crippen LogP contribution in [0, 0.1) is 11.3 Å². The molecule has 0 fully saturated rings. The van der Waals surface area contributed by atoms with E-state index in [1.165, 1.54) is 0 Å². The number of hydrogen-bond acceptors (Lipinski definition) is 5. The van der Waals surface area contributed by atoms with Gasteiger partial charge in [0.1, 0.15) is 11.8 Å². The predicted octanol–water partition coefficient (Wildman–Crippen LogP) is 2.63. The molecule has 86 valence electrons. The third-order valence-corrected chi connectivity index (χ3v) is 3.37. The minimum Gasteiger partial charge on any atom is -0.383 e. The standard InChI is InChI=1S/C12H12N4S/c1-9(12-14-4-5-17-12)7-15-11-3-2-10(6-13)16-8-11/h2-5,8-9,15H,7H2,1H3. The Morgan fingerprint density at radius 2 is 2.35 bits per heavy atom. The highest BCUT2D eigenvalue weighted by Crippen LogP contribution is 2.18. The van der Waals surface area contributed by atoms with E-state index in [9.17, 15) is 0 Å². The maximum Gasteiger partial charge on any atom is 0.140 e. The zero-order valence-corrected chi connectivity index (χ0v) is 10.2. The van der Waals surface area contributed by atoms with E-state index in [1.807, 2.05) is 23.7 Å². The summed E-state index contributed by atoms with van der Waals surface area (Å²) < 4.78 is 0. The summed E-state index contributed by atoms with van der Waals surface area (Å²) in [4.78, 5) is 8.28. The first-order valence-corrected chi connectivity index (χ1v) is 6.17. The van der Waals surface area contributed by atoms with Crippen LogP contribution in [0.4, 0.5) is 5.69 Å². The Morgan fingerprint density at radius 1 is 1.47 bits per heavy atom. The molecule has 0 saturated heterocycles. The van der Waals surface area contributed by atoms with Crippen LogP contribution in [0.25, 0.3) is 0 Å². The van der Waals surface area contributed by atoms with Gasteiger partial charge in [0, 0.05) is 24.0 Å². The fourth-order valence-corrected chi connectivity index (χ4v) is 2.10. The molecule has 0 bridgehead atoms. The molecule has 1 N–H and O–H groups in total. The maximum atomic E-state index is 8.63. The predicted molar refractivity (Wildman–Crippen MR) is 68.0 cm³/mol. The molecular formula is C12H12N4S. The Labute approximate surface area is 104 Å². The fourth-order valence-electron chi connectivity index (χ4n) is 1.40. The zero-order chi connectivity index (χ0) is 12.1. The quantitative estimate of drug-likeness (QED) is 0.898. The molecule has 17 heavy (non-hydrogen) atoms. The fraction of sp³-hybridized carbons (Fsp3) is 0.250. The summed E-state index contributed by atoms with van der Waals surface area (Å²) >= 11 is 1.66. The molecule has 0 saturated carbocycles. The summed E-state index contributed by atoms with van der Waals surface area (Å²) in [6, 6.07) is 5.56. The molecular weight excluding hydrogens is 232 g/mol. The van der Waals surface area contributed by atoms with E-state index >= 15 is 0 Å². The van der Waals surface area contributed by atoms with Crippen molar-refractivity contribution in [3.05, 3.63) is 40.6 Å². The molecule has 0 aliphatic rings.